The van der Waals surface area contributed by atoms with Gasteiger partial charge in [0.2, 0.25) is 11.9 Å². The number of nitrogens with zero attached hydrogens (tertiary/aromatic N) is 2. The van der Waals surface area contributed by atoms with E-state index in [0.717, 1.165) is 23.1 Å². The van der Waals surface area contributed by atoms with Crippen LogP contribution in [0.5, 0.6) is 0 Å². The smallest absolute Gasteiger partial charge is 0.264 e. The van der Waals surface area contributed by atoms with Crippen molar-refractivity contribution in [2.24, 2.45) is 5.92 Å². The van der Waals surface area contributed by atoms with E-state index in [9.17, 15) is 13.2 Å². The van der Waals surface area contributed by atoms with Gasteiger partial charge < -0.3 is 5.32 Å². The van der Waals surface area contributed by atoms with Gasteiger partial charge in [-0.2, -0.15) is 0 Å². The van der Waals surface area contributed by atoms with E-state index in [-0.39, 0.29) is 29.2 Å². The van der Waals surface area contributed by atoms with Crippen LogP contribution >= 0.6 is 0 Å². The topological polar surface area (TPSA) is 101 Å². The number of nitrogens with one attached hydrogen (secondary N) is 2. The lowest BCUT2D eigenvalue weighted by molar-refractivity contribution is -0.121. The number of benzene rings is 2. The van der Waals surface area contributed by atoms with Crippen molar-refractivity contribution in [2.75, 3.05) is 4.72 Å². The van der Waals surface area contributed by atoms with Crippen molar-refractivity contribution >= 4 is 21.9 Å². The van der Waals surface area contributed by atoms with Gasteiger partial charge in [0, 0.05) is 12.4 Å². The number of hydrogen-bond donors (Lipinski definition) is 2. The Hall–Kier alpha value is -3.26. The molecule has 7 nitrogen and oxygen atoms in total. The maximum Gasteiger partial charge on any atom is 0.264 e. The summed E-state index contributed by atoms with van der Waals surface area (Å²) in [5.41, 5.74) is 2.69. The highest BCUT2D eigenvalue weighted by molar-refractivity contribution is 7.92. The van der Waals surface area contributed by atoms with Crippen LogP contribution in [0.3, 0.4) is 0 Å². The maximum atomic E-state index is 12.6. The fourth-order valence-corrected chi connectivity index (χ4v) is 4.21. The highest BCUT2D eigenvalue weighted by Crippen LogP contribution is 2.16. The van der Waals surface area contributed by atoms with Crippen molar-refractivity contribution in [2.45, 2.75) is 44.6 Å². The minimum absolute atomic E-state index is 0.0239. The zero-order chi connectivity index (χ0) is 23.1. The number of carbonyl (C=O) groups excluding carboxylic acids is 1. The molecule has 168 valence electrons. The molecule has 0 radical (unpaired) electrons. The fraction of sp³-hybridized carbons (Fsp3) is 0.292. The fourth-order valence-electron chi connectivity index (χ4n) is 3.25. The van der Waals surface area contributed by atoms with Crippen LogP contribution < -0.4 is 10.0 Å². The van der Waals surface area contributed by atoms with Crippen molar-refractivity contribution in [3.63, 3.8) is 0 Å². The Kier molecular flexibility index (Phi) is 7.58. The second kappa shape index (κ2) is 10.4. The van der Waals surface area contributed by atoms with Gasteiger partial charge in [0.1, 0.15) is 0 Å². The third kappa shape index (κ3) is 6.62. The van der Waals surface area contributed by atoms with Gasteiger partial charge in [-0.3, -0.25) is 4.79 Å². The number of carbonyl (C=O) groups is 1. The van der Waals surface area contributed by atoms with E-state index < -0.39 is 10.0 Å². The summed E-state index contributed by atoms with van der Waals surface area (Å²) in [6, 6.07) is 15.8. The van der Waals surface area contributed by atoms with Crippen LogP contribution in [-0.4, -0.2) is 24.3 Å². The molecular weight excluding hydrogens is 424 g/mol. The van der Waals surface area contributed by atoms with E-state index in [0.29, 0.717) is 5.92 Å². The number of sulfonamides is 1. The summed E-state index contributed by atoms with van der Waals surface area (Å²) in [6.45, 7) is 6.10. The van der Waals surface area contributed by atoms with Crippen LogP contribution in [0.1, 0.15) is 43.5 Å². The molecule has 0 fully saturated rings. The van der Waals surface area contributed by atoms with E-state index in [1.54, 1.807) is 24.5 Å². The van der Waals surface area contributed by atoms with Gasteiger partial charge in [-0.1, -0.05) is 56.3 Å². The van der Waals surface area contributed by atoms with Crippen LogP contribution in [0.2, 0.25) is 0 Å². The molecule has 3 rings (SSSR count). The summed E-state index contributed by atoms with van der Waals surface area (Å²) in [4.78, 5) is 20.6. The number of rotatable bonds is 9. The van der Waals surface area contributed by atoms with Crippen LogP contribution in [0, 0.1) is 5.92 Å². The van der Waals surface area contributed by atoms with Crippen LogP contribution in [0.4, 0.5) is 5.95 Å². The van der Waals surface area contributed by atoms with Crippen molar-refractivity contribution in [1.29, 1.82) is 0 Å². The highest BCUT2D eigenvalue weighted by Gasteiger charge is 2.16. The lowest BCUT2D eigenvalue weighted by Gasteiger charge is -2.14. The third-order valence-corrected chi connectivity index (χ3v) is 6.19. The van der Waals surface area contributed by atoms with Crippen LogP contribution in [-0.2, 0) is 27.7 Å². The summed E-state index contributed by atoms with van der Waals surface area (Å²) in [5, 5.41) is 2.95. The second-order valence-corrected chi connectivity index (χ2v) is 9.82. The number of aromatic nitrogens is 2. The van der Waals surface area contributed by atoms with Crippen molar-refractivity contribution < 1.29 is 13.2 Å². The molecule has 0 aliphatic heterocycles. The molecule has 1 aromatic heterocycles. The van der Waals surface area contributed by atoms with Gasteiger partial charge >= 0.3 is 0 Å². The number of anilines is 1. The zero-order valence-electron chi connectivity index (χ0n) is 18.4. The van der Waals surface area contributed by atoms with E-state index in [1.165, 1.54) is 12.1 Å². The maximum absolute atomic E-state index is 12.6. The highest BCUT2D eigenvalue weighted by atomic mass is 32.2. The molecule has 32 heavy (non-hydrogen) atoms. The first-order chi connectivity index (χ1) is 15.2. The van der Waals surface area contributed by atoms with Gasteiger partial charge in [0.05, 0.1) is 17.4 Å². The first-order valence-electron chi connectivity index (χ1n) is 10.5. The predicted octanol–water partition coefficient (Wildman–Crippen LogP) is 3.90. The number of hydrogen-bond acceptors (Lipinski definition) is 5. The minimum atomic E-state index is -3.83. The summed E-state index contributed by atoms with van der Waals surface area (Å²) in [6.07, 6.45) is 4.24. The summed E-state index contributed by atoms with van der Waals surface area (Å²) < 4.78 is 27.6. The molecule has 0 saturated carbocycles. The molecule has 0 spiro atoms. The molecule has 1 amide bonds. The molecule has 0 aliphatic carbocycles. The monoisotopic (exact) mass is 452 g/mol. The molecule has 2 N–H and O–H groups in total. The summed E-state index contributed by atoms with van der Waals surface area (Å²) >= 11 is 0. The average Bonchev–Trinajstić information content (AvgIpc) is 2.75. The first-order valence-corrected chi connectivity index (χ1v) is 12.0. The summed E-state index contributed by atoms with van der Waals surface area (Å²) in [5.74, 6) is 0.351. The largest absolute Gasteiger partial charge is 0.349 e. The minimum Gasteiger partial charge on any atom is -0.349 e. The standard InChI is InChI=1S/C24H28N4O3S/c1-17(2)13-20-15-25-24(26-16-20)28-32(30,31)22-11-9-19(10-12-22)14-23(29)27-18(3)21-7-5-4-6-8-21/h4-12,15-18H,13-14H2,1-3H3,(H,27,29)(H,25,26,28)/t18-/m1/s1. The Balaban J connectivity index is 1.59. The van der Waals surface area contributed by atoms with Crippen molar-refractivity contribution in [1.82, 2.24) is 15.3 Å². The van der Waals surface area contributed by atoms with Crippen LogP contribution in [0.25, 0.3) is 0 Å². The molecule has 8 heteroatoms. The molecule has 2 aromatic carbocycles. The molecule has 0 saturated heterocycles. The predicted molar refractivity (Wildman–Crippen MR) is 125 cm³/mol. The molecule has 0 bridgehead atoms. The Labute approximate surface area is 189 Å². The second-order valence-electron chi connectivity index (χ2n) is 8.14. The quantitative estimate of drug-likeness (QED) is 0.513. The van der Waals surface area contributed by atoms with E-state index in [1.807, 2.05) is 37.3 Å². The Morgan fingerprint density at radius 2 is 1.53 bits per heavy atom. The Bertz CT molecular complexity index is 1130. The Morgan fingerprint density at radius 1 is 0.906 bits per heavy atom. The van der Waals surface area contributed by atoms with E-state index in [4.69, 9.17) is 0 Å². The van der Waals surface area contributed by atoms with Gasteiger partial charge in [-0.15, -0.1) is 0 Å². The molecule has 0 unspecified atom stereocenters. The molecular formula is C24H28N4O3S. The molecule has 1 atom stereocenters. The lowest BCUT2D eigenvalue weighted by Crippen LogP contribution is -2.28. The number of amides is 1. The third-order valence-electron chi connectivity index (χ3n) is 4.85. The van der Waals surface area contributed by atoms with Gasteiger partial charge in [0.15, 0.2) is 0 Å². The lowest BCUT2D eigenvalue weighted by atomic mass is 10.1. The van der Waals surface area contributed by atoms with E-state index >= 15 is 0 Å². The Morgan fingerprint density at radius 3 is 2.12 bits per heavy atom. The van der Waals surface area contributed by atoms with E-state index in [2.05, 4.69) is 33.9 Å². The average molecular weight is 453 g/mol. The SMILES string of the molecule is CC(C)Cc1cnc(NS(=O)(=O)c2ccc(CC(=O)N[C@H](C)c3ccccc3)cc2)nc1. The summed E-state index contributed by atoms with van der Waals surface area (Å²) in [7, 11) is -3.83. The van der Waals surface area contributed by atoms with Crippen molar-refractivity contribution in [3.05, 3.63) is 83.7 Å². The first kappa shape index (κ1) is 23.4. The normalized spacial score (nSPS) is 12.4. The van der Waals surface area contributed by atoms with Crippen molar-refractivity contribution in [3.8, 4) is 0 Å². The van der Waals surface area contributed by atoms with Crippen LogP contribution in [0.15, 0.2) is 71.9 Å². The van der Waals surface area contributed by atoms with Gasteiger partial charge in [-0.25, -0.2) is 23.1 Å². The molecule has 1 heterocycles. The molecule has 3 aromatic rings. The van der Waals surface area contributed by atoms with Gasteiger partial charge in [0.25, 0.3) is 10.0 Å². The van der Waals surface area contributed by atoms with Gasteiger partial charge in [-0.05, 0) is 48.1 Å². The molecule has 0 aliphatic rings. The zero-order valence-corrected chi connectivity index (χ0v) is 19.3.